The molecule has 3 nitrogen and oxygen atoms in total. The van der Waals surface area contributed by atoms with Crippen LogP contribution in [0.4, 0.5) is 0 Å². The lowest BCUT2D eigenvalue weighted by atomic mass is 10.2. The normalized spacial score (nSPS) is 10.3. The third-order valence-corrected chi connectivity index (χ3v) is 3.98. The van der Waals surface area contributed by atoms with Gasteiger partial charge in [0.05, 0.1) is 16.4 Å². The van der Waals surface area contributed by atoms with Crippen molar-refractivity contribution in [2.24, 2.45) is 0 Å². The van der Waals surface area contributed by atoms with Crippen molar-refractivity contribution in [2.45, 2.75) is 6.54 Å². The zero-order chi connectivity index (χ0) is 13.1. The van der Waals surface area contributed by atoms with E-state index >= 15 is 0 Å². The van der Waals surface area contributed by atoms with Gasteiger partial charge in [-0.2, -0.15) is 0 Å². The molecular weight excluding hydrogens is 338 g/mol. The van der Waals surface area contributed by atoms with Crippen LogP contribution in [0.25, 0.3) is 0 Å². The smallest absolute Gasteiger partial charge is 0.255 e. The van der Waals surface area contributed by atoms with Gasteiger partial charge in [0, 0.05) is 9.35 Å². The molecule has 0 bridgehead atoms. The van der Waals surface area contributed by atoms with Gasteiger partial charge in [-0.05, 0) is 30.3 Å². The van der Waals surface area contributed by atoms with Gasteiger partial charge in [0.25, 0.3) is 5.91 Å². The fourth-order valence-electron chi connectivity index (χ4n) is 1.40. The first-order valence-electron chi connectivity index (χ1n) is 5.07. The van der Waals surface area contributed by atoms with Crippen LogP contribution in [0.5, 0.6) is 5.75 Å². The molecule has 0 atom stereocenters. The summed E-state index contributed by atoms with van der Waals surface area (Å²) in [6.07, 6.45) is 0. The fraction of sp³-hybridized carbons (Fsp3) is 0.0833. The van der Waals surface area contributed by atoms with Crippen LogP contribution in [-0.4, -0.2) is 11.0 Å². The van der Waals surface area contributed by atoms with E-state index in [4.69, 9.17) is 11.6 Å². The van der Waals surface area contributed by atoms with Gasteiger partial charge in [0.15, 0.2) is 0 Å². The molecular formula is C12H9BrClNO2S. The Hall–Kier alpha value is -1.04. The van der Waals surface area contributed by atoms with E-state index in [2.05, 4.69) is 21.2 Å². The van der Waals surface area contributed by atoms with E-state index in [0.717, 1.165) is 9.35 Å². The second kappa shape index (κ2) is 5.73. The lowest BCUT2D eigenvalue weighted by molar-refractivity contribution is 0.0948. The molecule has 0 saturated carbocycles. The van der Waals surface area contributed by atoms with Gasteiger partial charge in [0.2, 0.25) is 0 Å². The number of carbonyl (C=O) groups is 1. The first kappa shape index (κ1) is 13.4. The Bertz CT molecular complexity index is 585. The number of halogens is 2. The molecule has 1 aromatic heterocycles. The predicted molar refractivity (Wildman–Crippen MR) is 76.3 cm³/mol. The van der Waals surface area contributed by atoms with Crippen LogP contribution in [0.2, 0.25) is 4.34 Å². The largest absolute Gasteiger partial charge is 0.507 e. The van der Waals surface area contributed by atoms with E-state index < -0.39 is 0 Å². The number of hydrogen-bond acceptors (Lipinski definition) is 3. The number of thiophene rings is 1. The Kier molecular flexibility index (Phi) is 4.27. The molecule has 1 amide bonds. The zero-order valence-corrected chi connectivity index (χ0v) is 12.3. The number of aromatic hydroxyl groups is 1. The van der Waals surface area contributed by atoms with E-state index in [0.29, 0.717) is 10.9 Å². The summed E-state index contributed by atoms with van der Waals surface area (Å²) in [5.74, 6) is -0.363. The summed E-state index contributed by atoms with van der Waals surface area (Å²) in [5, 5.41) is 12.3. The highest BCUT2D eigenvalue weighted by molar-refractivity contribution is 9.10. The van der Waals surface area contributed by atoms with Crippen LogP contribution >= 0.6 is 38.9 Å². The Morgan fingerprint density at radius 3 is 2.83 bits per heavy atom. The number of rotatable bonds is 3. The molecule has 2 aromatic rings. The van der Waals surface area contributed by atoms with Crippen LogP contribution in [0, 0.1) is 0 Å². The molecule has 0 unspecified atom stereocenters. The van der Waals surface area contributed by atoms with E-state index in [1.165, 1.54) is 17.4 Å². The summed E-state index contributed by atoms with van der Waals surface area (Å²) in [5.41, 5.74) is 0.243. The monoisotopic (exact) mass is 345 g/mol. The first-order chi connectivity index (χ1) is 8.56. The first-order valence-corrected chi connectivity index (χ1v) is 7.06. The Labute approximate surface area is 122 Å². The average molecular weight is 347 g/mol. The SMILES string of the molecule is O=C(NCc1ccc(Cl)s1)c1cc(Br)ccc1O. The van der Waals surface area contributed by atoms with Crippen molar-refractivity contribution < 1.29 is 9.90 Å². The Balaban J connectivity index is 2.05. The molecule has 0 aliphatic rings. The summed E-state index contributed by atoms with van der Waals surface area (Å²) in [7, 11) is 0. The Morgan fingerprint density at radius 1 is 1.39 bits per heavy atom. The van der Waals surface area contributed by atoms with Gasteiger partial charge in [-0.15, -0.1) is 11.3 Å². The van der Waals surface area contributed by atoms with E-state index in [9.17, 15) is 9.90 Å². The maximum Gasteiger partial charge on any atom is 0.255 e. The summed E-state index contributed by atoms with van der Waals surface area (Å²) in [6, 6.07) is 8.36. The molecule has 0 aliphatic heterocycles. The van der Waals surface area contributed by atoms with Gasteiger partial charge < -0.3 is 10.4 Å². The highest BCUT2D eigenvalue weighted by atomic mass is 79.9. The third kappa shape index (κ3) is 3.25. The number of carbonyl (C=O) groups excluding carboxylic acids is 1. The predicted octanol–water partition coefficient (Wildman–Crippen LogP) is 3.80. The number of phenols is 1. The molecule has 0 aliphatic carbocycles. The second-order valence-electron chi connectivity index (χ2n) is 3.55. The molecule has 94 valence electrons. The Morgan fingerprint density at radius 2 is 2.17 bits per heavy atom. The van der Waals surface area contributed by atoms with Gasteiger partial charge in [-0.1, -0.05) is 27.5 Å². The van der Waals surface area contributed by atoms with Gasteiger partial charge in [-0.3, -0.25) is 4.79 Å². The fourth-order valence-corrected chi connectivity index (χ4v) is 2.79. The molecule has 6 heteroatoms. The highest BCUT2D eigenvalue weighted by Crippen LogP contribution is 2.23. The van der Waals surface area contributed by atoms with E-state index in [-0.39, 0.29) is 17.2 Å². The molecule has 2 N–H and O–H groups in total. The topological polar surface area (TPSA) is 49.3 Å². The molecule has 0 saturated heterocycles. The maximum atomic E-state index is 11.9. The lowest BCUT2D eigenvalue weighted by Gasteiger charge is -2.06. The quantitative estimate of drug-likeness (QED) is 0.888. The number of amides is 1. The van der Waals surface area contributed by atoms with E-state index in [1.807, 2.05) is 6.07 Å². The molecule has 0 fully saturated rings. The standard InChI is InChI=1S/C12H9BrClNO2S/c13-7-1-3-10(16)9(5-7)12(17)15-6-8-2-4-11(14)18-8/h1-5,16H,6H2,(H,15,17). The molecule has 2 rings (SSSR count). The molecule has 18 heavy (non-hydrogen) atoms. The molecule has 1 heterocycles. The minimum absolute atomic E-state index is 0.0417. The lowest BCUT2D eigenvalue weighted by Crippen LogP contribution is -2.22. The van der Waals surface area contributed by atoms with Crippen LogP contribution in [0.3, 0.4) is 0 Å². The van der Waals surface area contributed by atoms with Crippen LogP contribution in [0.1, 0.15) is 15.2 Å². The third-order valence-electron chi connectivity index (χ3n) is 2.26. The van der Waals surface area contributed by atoms with Gasteiger partial charge >= 0.3 is 0 Å². The number of phenolic OH excluding ortho intramolecular Hbond substituents is 1. The summed E-state index contributed by atoms with van der Waals surface area (Å²) in [4.78, 5) is 12.8. The van der Waals surface area contributed by atoms with Crippen molar-refractivity contribution in [3.63, 3.8) is 0 Å². The second-order valence-corrected chi connectivity index (χ2v) is 6.27. The van der Waals surface area contributed by atoms with Crippen LogP contribution < -0.4 is 5.32 Å². The number of benzene rings is 1. The number of nitrogens with one attached hydrogen (secondary N) is 1. The zero-order valence-electron chi connectivity index (χ0n) is 9.11. The van der Waals surface area contributed by atoms with Gasteiger partial charge in [-0.25, -0.2) is 0 Å². The number of hydrogen-bond donors (Lipinski definition) is 2. The highest BCUT2D eigenvalue weighted by Gasteiger charge is 2.11. The maximum absolute atomic E-state index is 11.9. The summed E-state index contributed by atoms with van der Waals surface area (Å²) >= 11 is 10.5. The average Bonchev–Trinajstić information content (AvgIpc) is 2.75. The van der Waals surface area contributed by atoms with Crippen molar-refractivity contribution in [1.82, 2.24) is 5.32 Å². The molecule has 0 radical (unpaired) electrons. The van der Waals surface area contributed by atoms with Crippen molar-refractivity contribution in [3.05, 3.63) is 49.6 Å². The summed E-state index contributed by atoms with van der Waals surface area (Å²) in [6.45, 7) is 0.391. The van der Waals surface area contributed by atoms with E-state index in [1.54, 1.807) is 18.2 Å². The minimum Gasteiger partial charge on any atom is -0.507 e. The molecule has 0 spiro atoms. The van der Waals surface area contributed by atoms with Crippen LogP contribution in [0.15, 0.2) is 34.8 Å². The van der Waals surface area contributed by atoms with Crippen molar-refractivity contribution in [3.8, 4) is 5.75 Å². The van der Waals surface area contributed by atoms with Crippen molar-refractivity contribution >= 4 is 44.8 Å². The van der Waals surface area contributed by atoms with Gasteiger partial charge in [0.1, 0.15) is 5.75 Å². The minimum atomic E-state index is -0.321. The van der Waals surface area contributed by atoms with Crippen LogP contribution in [-0.2, 0) is 6.54 Å². The van der Waals surface area contributed by atoms with Crippen molar-refractivity contribution in [1.29, 1.82) is 0 Å². The summed E-state index contributed by atoms with van der Waals surface area (Å²) < 4.78 is 1.43. The molecule has 1 aromatic carbocycles. The van der Waals surface area contributed by atoms with Crippen molar-refractivity contribution in [2.75, 3.05) is 0 Å².